The van der Waals surface area contributed by atoms with E-state index in [2.05, 4.69) is 5.32 Å². The van der Waals surface area contributed by atoms with Gasteiger partial charge in [0.1, 0.15) is 11.4 Å². The first-order chi connectivity index (χ1) is 13.0. The Hall–Kier alpha value is -2.05. The van der Waals surface area contributed by atoms with Crippen LogP contribution in [0.2, 0.25) is 0 Å². The first-order valence-electron chi connectivity index (χ1n) is 9.95. The number of hydrogen-bond donors (Lipinski definition) is 3. The minimum atomic E-state index is -0.890. The zero-order valence-corrected chi connectivity index (χ0v) is 15.6. The molecule has 1 saturated carbocycles. The number of nitrogens with zero attached hydrogens (tertiary/aromatic N) is 1. The van der Waals surface area contributed by atoms with Gasteiger partial charge in [-0.25, -0.2) is 0 Å². The van der Waals surface area contributed by atoms with Crippen LogP contribution in [0, 0.1) is 5.92 Å². The van der Waals surface area contributed by atoms with Crippen molar-refractivity contribution in [1.82, 2.24) is 4.57 Å². The van der Waals surface area contributed by atoms with Gasteiger partial charge in [-0.3, -0.25) is 4.79 Å². The van der Waals surface area contributed by atoms with Crippen LogP contribution in [-0.2, 0) is 16.1 Å². The molecule has 0 radical (unpaired) electrons. The van der Waals surface area contributed by atoms with Crippen LogP contribution in [0.25, 0.3) is 10.9 Å². The number of aromatic nitrogens is 1. The van der Waals surface area contributed by atoms with E-state index in [1.54, 1.807) is 12.1 Å². The second kappa shape index (κ2) is 7.52. The molecule has 3 N–H and O–H groups in total. The molecule has 6 heteroatoms. The van der Waals surface area contributed by atoms with Crippen molar-refractivity contribution in [3.05, 3.63) is 24.4 Å². The number of phenols is 1. The van der Waals surface area contributed by atoms with E-state index in [1.807, 2.05) is 16.8 Å². The van der Waals surface area contributed by atoms with Gasteiger partial charge in [0.05, 0.1) is 36.3 Å². The lowest BCUT2D eigenvalue weighted by Gasteiger charge is -2.36. The van der Waals surface area contributed by atoms with E-state index in [1.165, 1.54) is 25.7 Å². The Morgan fingerprint density at radius 3 is 2.63 bits per heavy atom. The summed E-state index contributed by atoms with van der Waals surface area (Å²) >= 11 is 0. The predicted octanol–water partition coefficient (Wildman–Crippen LogP) is 3.41. The van der Waals surface area contributed by atoms with Gasteiger partial charge in [-0.1, -0.05) is 31.7 Å². The van der Waals surface area contributed by atoms with E-state index in [-0.39, 0.29) is 11.7 Å². The molecule has 146 valence electrons. The van der Waals surface area contributed by atoms with E-state index < -0.39 is 5.60 Å². The average Bonchev–Trinajstić information content (AvgIpc) is 2.78. The molecule has 0 bridgehead atoms. The summed E-state index contributed by atoms with van der Waals surface area (Å²) < 4.78 is 7.02. The van der Waals surface area contributed by atoms with E-state index in [0.717, 1.165) is 18.4 Å². The normalized spacial score (nSPS) is 20.2. The number of rotatable bonds is 5. The van der Waals surface area contributed by atoms with Gasteiger partial charge in [0.15, 0.2) is 0 Å². The summed E-state index contributed by atoms with van der Waals surface area (Å²) in [7, 11) is 0. The van der Waals surface area contributed by atoms with E-state index >= 15 is 0 Å². The number of aromatic hydroxyl groups is 1. The lowest BCUT2D eigenvalue weighted by Crippen LogP contribution is -2.52. The lowest BCUT2D eigenvalue weighted by molar-refractivity contribution is -0.184. The summed E-state index contributed by atoms with van der Waals surface area (Å²) in [4.78, 5) is 12.6. The highest BCUT2D eigenvalue weighted by atomic mass is 16.5. The molecule has 2 fully saturated rings. The fourth-order valence-electron chi connectivity index (χ4n) is 4.34. The highest BCUT2D eigenvalue weighted by Gasteiger charge is 2.37. The molecule has 0 spiro atoms. The van der Waals surface area contributed by atoms with Gasteiger partial charge in [-0.15, -0.1) is 0 Å². The van der Waals surface area contributed by atoms with Crippen LogP contribution < -0.4 is 5.32 Å². The number of fused-ring (bicyclic) bond motifs is 1. The molecular weight excluding hydrogens is 344 g/mol. The number of aliphatic hydroxyl groups is 1. The quantitative estimate of drug-likeness (QED) is 0.703. The summed E-state index contributed by atoms with van der Waals surface area (Å²) in [5.74, 6) is 0.574. The van der Waals surface area contributed by atoms with E-state index in [9.17, 15) is 15.0 Å². The van der Waals surface area contributed by atoms with Crippen molar-refractivity contribution in [2.24, 2.45) is 5.92 Å². The number of ether oxygens (including phenoxy) is 1. The van der Waals surface area contributed by atoms with Crippen LogP contribution in [-0.4, -0.2) is 39.5 Å². The summed E-state index contributed by atoms with van der Waals surface area (Å²) in [6.45, 7) is 0.967. The van der Waals surface area contributed by atoms with Crippen molar-refractivity contribution >= 4 is 22.5 Å². The van der Waals surface area contributed by atoms with Crippen LogP contribution in [0.3, 0.4) is 0 Å². The molecule has 1 aliphatic carbocycles. The second-order valence-corrected chi connectivity index (χ2v) is 8.17. The average molecular weight is 372 g/mol. The SMILES string of the molecule is O=C(CC1CCCCCC1)Nc1cn(CC2(O)COC2)c2cccc(O)c12. The van der Waals surface area contributed by atoms with Crippen molar-refractivity contribution in [2.75, 3.05) is 18.5 Å². The Labute approximate surface area is 159 Å². The molecule has 2 heterocycles. The summed E-state index contributed by atoms with van der Waals surface area (Å²) in [5, 5.41) is 24.4. The van der Waals surface area contributed by atoms with Crippen molar-refractivity contribution < 1.29 is 19.7 Å². The molecule has 1 aromatic carbocycles. The largest absolute Gasteiger partial charge is 0.507 e. The van der Waals surface area contributed by atoms with E-state index in [0.29, 0.717) is 43.2 Å². The standard InChI is InChI=1S/C21H28N2O4/c24-18-9-5-8-17-20(18)16(11-23(17)12-21(26)13-27-14-21)22-19(25)10-15-6-3-1-2-4-7-15/h5,8-9,11,15,24,26H,1-4,6-7,10,12-14H2,(H,22,25). The zero-order valence-electron chi connectivity index (χ0n) is 15.6. The maximum Gasteiger partial charge on any atom is 0.224 e. The number of carbonyl (C=O) groups excluding carboxylic acids is 1. The Bertz CT molecular complexity index is 817. The molecule has 4 rings (SSSR count). The molecule has 1 aliphatic heterocycles. The minimum Gasteiger partial charge on any atom is -0.507 e. The lowest BCUT2D eigenvalue weighted by atomic mass is 9.96. The highest BCUT2D eigenvalue weighted by Crippen LogP contribution is 2.35. The van der Waals surface area contributed by atoms with Gasteiger partial charge in [0.25, 0.3) is 0 Å². The predicted molar refractivity (Wildman–Crippen MR) is 104 cm³/mol. The molecule has 0 unspecified atom stereocenters. The number of anilines is 1. The molecule has 27 heavy (non-hydrogen) atoms. The first-order valence-corrected chi connectivity index (χ1v) is 9.95. The third-order valence-electron chi connectivity index (χ3n) is 5.81. The third-order valence-corrected chi connectivity index (χ3v) is 5.81. The number of phenolic OH excluding ortho intramolecular Hbond substituents is 1. The van der Waals surface area contributed by atoms with Gasteiger partial charge < -0.3 is 24.8 Å². The van der Waals surface area contributed by atoms with Crippen LogP contribution in [0.4, 0.5) is 5.69 Å². The smallest absolute Gasteiger partial charge is 0.224 e. The number of carbonyl (C=O) groups is 1. The van der Waals surface area contributed by atoms with Crippen molar-refractivity contribution in [2.45, 2.75) is 57.1 Å². The summed E-state index contributed by atoms with van der Waals surface area (Å²) in [6.07, 6.45) is 9.53. The van der Waals surface area contributed by atoms with Crippen LogP contribution >= 0.6 is 0 Å². The fraction of sp³-hybridized carbons (Fsp3) is 0.571. The number of nitrogens with one attached hydrogen (secondary N) is 1. The van der Waals surface area contributed by atoms with Crippen molar-refractivity contribution in [3.63, 3.8) is 0 Å². The Morgan fingerprint density at radius 1 is 1.22 bits per heavy atom. The topological polar surface area (TPSA) is 83.7 Å². The van der Waals surface area contributed by atoms with Crippen LogP contribution in [0.1, 0.15) is 44.9 Å². The van der Waals surface area contributed by atoms with Crippen molar-refractivity contribution in [3.8, 4) is 5.75 Å². The summed E-state index contributed by atoms with van der Waals surface area (Å²) in [6, 6.07) is 5.28. The maximum absolute atomic E-state index is 12.6. The highest BCUT2D eigenvalue weighted by molar-refractivity contribution is 6.04. The molecule has 1 amide bonds. The Balaban J connectivity index is 1.54. The first kappa shape index (κ1) is 18.3. The zero-order chi connectivity index (χ0) is 18.9. The summed E-state index contributed by atoms with van der Waals surface area (Å²) in [5.41, 5.74) is 0.504. The fourth-order valence-corrected chi connectivity index (χ4v) is 4.34. The van der Waals surface area contributed by atoms with Gasteiger partial charge in [-0.05, 0) is 30.9 Å². The molecule has 2 aliphatic rings. The molecule has 1 saturated heterocycles. The minimum absolute atomic E-state index is 0.00473. The number of hydrogen-bond acceptors (Lipinski definition) is 4. The van der Waals surface area contributed by atoms with E-state index in [4.69, 9.17) is 4.74 Å². The second-order valence-electron chi connectivity index (χ2n) is 8.17. The molecular formula is C21H28N2O4. The maximum atomic E-state index is 12.6. The van der Waals surface area contributed by atoms with Crippen LogP contribution in [0.15, 0.2) is 24.4 Å². The third kappa shape index (κ3) is 3.96. The molecule has 2 aromatic rings. The molecule has 0 atom stereocenters. The number of benzene rings is 1. The van der Waals surface area contributed by atoms with Gasteiger partial charge in [-0.2, -0.15) is 0 Å². The Morgan fingerprint density at radius 2 is 1.96 bits per heavy atom. The monoisotopic (exact) mass is 372 g/mol. The molecule has 6 nitrogen and oxygen atoms in total. The van der Waals surface area contributed by atoms with Crippen LogP contribution in [0.5, 0.6) is 5.75 Å². The Kier molecular flexibility index (Phi) is 5.10. The number of amides is 1. The molecule has 1 aromatic heterocycles. The van der Waals surface area contributed by atoms with Crippen molar-refractivity contribution in [1.29, 1.82) is 0 Å². The van der Waals surface area contributed by atoms with Gasteiger partial charge >= 0.3 is 0 Å². The van der Waals surface area contributed by atoms with Gasteiger partial charge in [0.2, 0.25) is 5.91 Å². The van der Waals surface area contributed by atoms with Gasteiger partial charge in [0, 0.05) is 12.6 Å².